The number of hydrogen-bond donors (Lipinski definition) is 3. The maximum atomic E-state index is 11.6. The molecular weight excluding hydrogens is 242 g/mol. The molecule has 0 heterocycles. The summed E-state index contributed by atoms with van der Waals surface area (Å²) in [6.45, 7) is 5.68. The first-order valence-corrected chi connectivity index (χ1v) is 7.34. The Morgan fingerprint density at radius 1 is 1.16 bits per heavy atom. The van der Waals surface area contributed by atoms with Crippen LogP contribution in [0.5, 0.6) is 0 Å². The van der Waals surface area contributed by atoms with E-state index in [2.05, 4.69) is 29.8 Å². The molecule has 0 unspecified atom stereocenters. The fourth-order valence-corrected chi connectivity index (χ4v) is 2.16. The quantitative estimate of drug-likeness (QED) is 0.571. The molecule has 0 spiro atoms. The van der Waals surface area contributed by atoms with Crippen LogP contribution in [0.25, 0.3) is 0 Å². The largest absolute Gasteiger partial charge is 0.356 e. The molecule has 1 fully saturated rings. The Hall–Kier alpha value is -1.10. The van der Waals surface area contributed by atoms with Crippen LogP contribution in [0, 0.1) is 5.92 Å². The summed E-state index contributed by atoms with van der Waals surface area (Å²) in [5, 5.41) is 8.86. The second-order valence-corrected chi connectivity index (χ2v) is 5.67. The minimum atomic E-state index is 0.0366. The van der Waals surface area contributed by atoms with Gasteiger partial charge in [-0.05, 0) is 18.8 Å². The first-order chi connectivity index (χ1) is 9.08. The lowest BCUT2D eigenvalue weighted by Crippen LogP contribution is -2.40. The van der Waals surface area contributed by atoms with E-state index in [1.165, 1.54) is 12.8 Å². The Kier molecular flexibility index (Phi) is 7.48. The van der Waals surface area contributed by atoms with Crippen molar-refractivity contribution in [1.29, 1.82) is 0 Å². The molecule has 0 aliphatic heterocycles. The van der Waals surface area contributed by atoms with Gasteiger partial charge in [-0.1, -0.05) is 26.7 Å². The van der Waals surface area contributed by atoms with E-state index in [-0.39, 0.29) is 11.8 Å². The lowest BCUT2D eigenvalue weighted by molar-refractivity contribution is -0.122. The van der Waals surface area contributed by atoms with Crippen LogP contribution in [0.3, 0.4) is 0 Å². The molecule has 1 rings (SSSR count). The molecule has 0 aromatic rings. The van der Waals surface area contributed by atoms with E-state index in [0.717, 1.165) is 12.8 Å². The Morgan fingerprint density at radius 3 is 2.47 bits per heavy atom. The zero-order chi connectivity index (χ0) is 14.1. The zero-order valence-electron chi connectivity index (χ0n) is 12.1. The van der Waals surface area contributed by atoms with Crippen LogP contribution in [0.4, 0.5) is 0 Å². The van der Waals surface area contributed by atoms with Crippen LogP contribution >= 0.6 is 0 Å². The molecule has 0 aromatic carbocycles. The van der Waals surface area contributed by atoms with E-state index in [0.29, 0.717) is 38.0 Å². The van der Waals surface area contributed by atoms with Gasteiger partial charge in [0.2, 0.25) is 11.8 Å². The second kappa shape index (κ2) is 8.91. The Bertz CT molecular complexity index is 286. The lowest BCUT2D eigenvalue weighted by atomic mass is 10.2. The van der Waals surface area contributed by atoms with Crippen LogP contribution in [0.1, 0.15) is 46.0 Å². The summed E-state index contributed by atoms with van der Waals surface area (Å²) in [6.07, 6.45) is 5.05. The molecular formula is C14H27N3O2. The number of rotatable bonds is 8. The molecule has 0 radical (unpaired) electrons. The topological polar surface area (TPSA) is 70.2 Å². The highest BCUT2D eigenvalue weighted by Crippen LogP contribution is 2.17. The lowest BCUT2D eigenvalue weighted by Gasteiger charge is -2.12. The number of hydrogen-bond acceptors (Lipinski definition) is 3. The standard InChI is InChI=1S/C14H27N3O2/c1-11(2)9-16-13(18)7-8-15-10-14(19)17-12-5-3-4-6-12/h11-12,15H,3-10H2,1-2H3,(H,16,18)(H,17,19). The van der Waals surface area contributed by atoms with Crippen LogP contribution in [-0.4, -0.2) is 37.5 Å². The Morgan fingerprint density at radius 2 is 1.84 bits per heavy atom. The summed E-state index contributed by atoms with van der Waals surface area (Å²) < 4.78 is 0. The van der Waals surface area contributed by atoms with Gasteiger partial charge in [0, 0.05) is 25.6 Å². The van der Waals surface area contributed by atoms with E-state index in [1.807, 2.05) is 0 Å². The summed E-state index contributed by atoms with van der Waals surface area (Å²) >= 11 is 0. The van der Waals surface area contributed by atoms with Gasteiger partial charge >= 0.3 is 0 Å². The molecule has 1 aliphatic rings. The van der Waals surface area contributed by atoms with Crippen molar-refractivity contribution < 1.29 is 9.59 Å². The molecule has 0 saturated heterocycles. The highest BCUT2D eigenvalue weighted by molar-refractivity contribution is 5.78. The number of carbonyl (C=O) groups is 2. The Balaban J connectivity index is 1.97. The molecule has 1 saturated carbocycles. The van der Waals surface area contributed by atoms with Crippen molar-refractivity contribution in [3.8, 4) is 0 Å². The molecule has 3 N–H and O–H groups in total. The maximum Gasteiger partial charge on any atom is 0.234 e. The Labute approximate surface area is 115 Å². The summed E-state index contributed by atoms with van der Waals surface area (Å²) in [6, 6.07) is 0.364. The van der Waals surface area contributed by atoms with Gasteiger partial charge in [-0.25, -0.2) is 0 Å². The van der Waals surface area contributed by atoms with Gasteiger partial charge in [0.05, 0.1) is 6.54 Å². The van der Waals surface area contributed by atoms with Gasteiger partial charge in [-0.2, -0.15) is 0 Å². The summed E-state index contributed by atoms with van der Waals surface area (Å²) in [4.78, 5) is 23.0. The van der Waals surface area contributed by atoms with Crippen molar-refractivity contribution in [3.63, 3.8) is 0 Å². The highest BCUT2D eigenvalue weighted by Gasteiger charge is 2.16. The molecule has 0 atom stereocenters. The van der Waals surface area contributed by atoms with Gasteiger partial charge in [-0.3, -0.25) is 9.59 Å². The average molecular weight is 269 g/mol. The minimum absolute atomic E-state index is 0.0366. The van der Waals surface area contributed by atoms with Crippen molar-refractivity contribution in [3.05, 3.63) is 0 Å². The summed E-state index contributed by atoms with van der Waals surface area (Å²) in [5.74, 6) is 0.543. The van der Waals surface area contributed by atoms with Crippen molar-refractivity contribution in [2.24, 2.45) is 5.92 Å². The first kappa shape index (κ1) is 16.0. The minimum Gasteiger partial charge on any atom is -0.356 e. The van der Waals surface area contributed by atoms with E-state index in [9.17, 15) is 9.59 Å². The normalized spacial score (nSPS) is 15.7. The van der Waals surface area contributed by atoms with Crippen molar-refractivity contribution in [2.75, 3.05) is 19.6 Å². The van der Waals surface area contributed by atoms with Crippen LogP contribution in [0.2, 0.25) is 0 Å². The SMILES string of the molecule is CC(C)CNC(=O)CCNCC(=O)NC1CCCC1. The van der Waals surface area contributed by atoms with Crippen molar-refractivity contribution in [1.82, 2.24) is 16.0 Å². The van der Waals surface area contributed by atoms with Gasteiger partial charge < -0.3 is 16.0 Å². The van der Waals surface area contributed by atoms with Gasteiger partial charge in [0.1, 0.15) is 0 Å². The molecule has 110 valence electrons. The third-order valence-electron chi connectivity index (χ3n) is 3.24. The summed E-state index contributed by atoms with van der Waals surface area (Å²) in [7, 11) is 0. The highest BCUT2D eigenvalue weighted by atomic mass is 16.2. The number of nitrogens with one attached hydrogen (secondary N) is 3. The predicted octanol–water partition coefficient (Wildman–Crippen LogP) is 0.797. The molecule has 1 aliphatic carbocycles. The molecule has 19 heavy (non-hydrogen) atoms. The molecule has 0 aromatic heterocycles. The van der Waals surface area contributed by atoms with Crippen LogP contribution in [-0.2, 0) is 9.59 Å². The molecule has 5 heteroatoms. The average Bonchev–Trinajstić information content (AvgIpc) is 2.85. The van der Waals surface area contributed by atoms with Crippen molar-refractivity contribution >= 4 is 11.8 Å². The van der Waals surface area contributed by atoms with Crippen LogP contribution < -0.4 is 16.0 Å². The van der Waals surface area contributed by atoms with E-state index < -0.39 is 0 Å². The second-order valence-electron chi connectivity index (χ2n) is 5.67. The third kappa shape index (κ3) is 7.82. The maximum absolute atomic E-state index is 11.6. The fraction of sp³-hybridized carbons (Fsp3) is 0.857. The monoisotopic (exact) mass is 269 g/mol. The first-order valence-electron chi connectivity index (χ1n) is 7.34. The van der Waals surface area contributed by atoms with Crippen molar-refractivity contribution in [2.45, 2.75) is 52.0 Å². The van der Waals surface area contributed by atoms with E-state index in [4.69, 9.17) is 0 Å². The van der Waals surface area contributed by atoms with E-state index >= 15 is 0 Å². The van der Waals surface area contributed by atoms with Gasteiger partial charge in [-0.15, -0.1) is 0 Å². The van der Waals surface area contributed by atoms with E-state index in [1.54, 1.807) is 0 Å². The smallest absolute Gasteiger partial charge is 0.234 e. The number of amides is 2. The van der Waals surface area contributed by atoms with Gasteiger partial charge in [0.15, 0.2) is 0 Å². The fourth-order valence-electron chi connectivity index (χ4n) is 2.16. The third-order valence-corrected chi connectivity index (χ3v) is 3.24. The molecule has 2 amide bonds. The van der Waals surface area contributed by atoms with Gasteiger partial charge in [0.25, 0.3) is 0 Å². The zero-order valence-corrected chi connectivity index (χ0v) is 12.1. The van der Waals surface area contributed by atoms with Crippen LogP contribution in [0.15, 0.2) is 0 Å². The predicted molar refractivity (Wildman–Crippen MR) is 75.7 cm³/mol. The number of carbonyl (C=O) groups excluding carboxylic acids is 2. The molecule has 5 nitrogen and oxygen atoms in total. The molecule has 0 bridgehead atoms. The summed E-state index contributed by atoms with van der Waals surface area (Å²) in [5.41, 5.74) is 0.